The zero-order valence-corrected chi connectivity index (χ0v) is 17.4. The predicted molar refractivity (Wildman–Crippen MR) is 112 cm³/mol. The molecule has 2 aliphatic heterocycles. The lowest BCUT2D eigenvalue weighted by molar-refractivity contribution is -0.146. The second-order valence-corrected chi connectivity index (χ2v) is 7.73. The molecule has 2 amide bonds. The van der Waals surface area contributed by atoms with Gasteiger partial charge in [0.05, 0.1) is 6.61 Å². The van der Waals surface area contributed by atoms with Crippen LogP contribution in [0.25, 0.3) is 0 Å². The van der Waals surface area contributed by atoms with Crippen molar-refractivity contribution in [2.45, 2.75) is 50.7 Å². The Labute approximate surface area is 178 Å². The Morgan fingerprint density at radius 2 is 2.07 bits per heavy atom. The fourth-order valence-electron chi connectivity index (χ4n) is 3.78. The van der Waals surface area contributed by atoms with Crippen LogP contribution in [0.3, 0.4) is 0 Å². The number of allylic oxidation sites excluding steroid dienone is 1. The summed E-state index contributed by atoms with van der Waals surface area (Å²) in [6.07, 6.45) is 5.69. The number of hydrogen-bond donors (Lipinski definition) is 2. The number of amides is 2. The molecular formula is C23H32N2O5. The fourth-order valence-corrected chi connectivity index (χ4v) is 3.78. The second-order valence-electron chi connectivity index (χ2n) is 7.73. The first-order valence-electron chi connectivity index (χ1n) is 10.9. The van der Waals surface area contributed by atoms with E-state index in [1.807, 2.05) is 41.3 Å². The molecule has 7 heteroatoms. The molecule has 0 radical (unpaired) electrons. The standard InChI is InChI=1S/C23H32N2O5/c26-14-4-5-15-29-22-17-19(18-8-2-1-3-9-18)16-20(30-22)23(28)24-11-7-13-25-12-6-10-21(25)27/h1-3,8-9,16,19,22,26H,4-7,10-15,17H2,(H,24,28). The van der Waals surface area contributed by atoms with Crippen molar-refractivity contribution < 1.29 is 24.2 Å². The Morgan fingerprint density at radius 3 is 2.80 bits per heavy atom. The van der Waals surface area contributed by atoms with Crippen LogP contribution in [0.5, 0.6) is 0 Å². The highest BCUT2D eigenvalue weighted by Crippen LogP contribution is 2.31. The summed E-state index contributed by atoms with van der Waals surface area (Å²) in [7, 11) is 0. The van der Waals surface area contributed by atoms with Crippen molar-refractivity contribution in [3.63, 3.8) is 0 Å². The predicted octanol–water partition coefficient (Wildman–Crippen LogP) is 2.32. The monoisotopic (exact) mass is 416 g/mol. The van der Waals surface area contributed by atoms with E-state index in [2.05, 4.69) is 5.32 Å². The number of aliphatic hydroxyl groups excluding tert-OH is 1. The number of hydrogen-bond acceptors (Lipinski definition) is 5. The summed E-state index contributed by atoms with van der Waals surface area (Å²) in [5, 5.41) is 11.8. The molecular weight excluding hydrogens is 384 g/mol. The zero-order valence-electron chi connectivity index (χ0n) is 17.4. The van der Waals surface area contributed by atoms with Gasteiger partial charge in [-0.3, -0.25) is 9.59 Å². The summed E-state index contributed by atoms with van der Waals surface area (Å²) in [6, 6.07) is 10.0. The maximum absolute atomic E-state index is 12.7. The van der Waals surface area contributed by atoms with E-state index < -0.39 is 6.29 Å². The van der Waals surface area contributed by atoms with Gasteiger partial charge in [-0.1, -0.05) is 30.3 Å². The maximum Gasteiger partial charge on any atom is 0.286 e. The van der Waals surface area contributed by atoms with Crippen molar-refractivity contribution >= 4 is 11.8 Å². The van der Waals surface area contributed by atoms with Crippen LogP contribution in [-0.2, 0) is 19.1 Å². The van der Waals surface area contributed by atoms with Crippen LogP contribution in [0.4, 0.5) is 0 Å². The molecule has 2 aliphatic rings. The molecule has 0 spiro atoms. The first kappa shape index (κ1) is 22.3. The summed E-state index contributed by atoms with van der Waals surface area (Å²) in [5.41, 5.74) is 1.11. The van der Waals surface area contributed by atoms with Crippen molar-refractivity contribution in [3.05, 3.63) is 47.7 Å². The molecule has 2 N–H and O–H groups in total. The molecule has 2 heterocycles. The molecule has 0 saturated carbocycles. The van der Waals surface area contributed by atoms with Crippen LogP contribution >= 0.6 is 0 Å². The van der Waals surface area contributed by atoms with Crippen LogP contribution in [0.15, 0.2) is 42.2 Å². The number of unbranched alkanes of at least 4 members (excludes halogenated alkanes) is 1. The van der Waals surface area contributed by atoms with E-state index in [9.17, 15) is 9.59 Å². The first-order chi connectivity index (χ1) is 14.7. The van der Waals surface area contributed by atoms with Crippen molar-refractivity contribution in [1.82, 2.24) is 10.2 Å². The van der Waals surface area contributed by atoms with Gasteiger partial charge in [0.25, 0.3) is 5.91 Å². The van der Waals surface area contributed by atoms with Gasteiger partial charge in [-0.25, -0.2) is 0 Å². The molecule has 30 heavy (non-hydrogen) atoms. The molecule has 1 saturated heterocycles. The molecule has 1 aromatic rings. The Kier molecular flexibility index (Phi) is 8.71. The Morgan fingerprint density at radius 1 is 1.23 bits per heavy atom. The van der Waals surface area contributed by atoms with Crippen LogP contribution in [0.2, 0.25) is 0 Å². The highest BCUT2D eigenvalue weighted by Gasteiger charge is 2.28. The van der Waals surface area contributed by atoms with Gasteiger partial charge in [0.15, 0.2) is 5.76 Å². The zero-order chi connectivity index (χ0) is 21.2. The van der Waals surface area contributed by atoms with E-state index in [-0.39, 0.29) is 30.1 Å². The molecule has 0 aromatic heterocycles. The van der Waals surface area contributed by atoms with E-state index in [4.69, 9.17) is 14.6 Å². The summed E-state index contributed by atoms with van der Waals surface area (Å²) in [5.74, 6) is 0.254. The third-order valence-corrected chi connectivity index (χ3v) is 5.43. The van der Waals surface area contributed by atoms with Crippen LogP contribution in [0, 0.1) is 0 Å². The molecule has 1 fully saturated rings. The number of carbonyl (C=O) groups excluding carboxylic acids is 2. The number of ether oxygens (including phenoxy) is 2. The Balaban J connectivity index is 1.54. The van der Waals surface area contributed by atoms with Gasteiger partial charge in [0.1, 0.15) is 0 Å². The first-order valence-corrected chi connectivity index (χ1v) is 10.9. The van der Waals surface area contributed by atoms with E-state index in [1.54, 1.807) is 0 Å². The van der Waals surface area contributed by atoms with E-state index >= 15 is 0 Å². The molecule has 2 atom stereocenters. The quantitative estimate of drug-likeness (QED) is 0.541. The van der Waals surface area contributed by atoms with Crippen LogP contribution < -0.4 is 5.32 Å². The molecule has 1 aromatic carbocycles. The number of likely N-dealkylation sites (tertiary alicyclic amines) is 1. The number of rotatable bonds is 11. The molecule has 164 valence electrons. The minimum atomic E-state index is -0.498. The fraction of sp³-hybridized carbons (Fsp3) is 0.565. The number of carbonyl (C=O) groups is 2. The lowest BCUT2D eigenvalue weighted by Crippen LogP contribution is -2.35. The summed E-state index contributed by atoms with van der Waals surface area (Å²) >= 11 is 0. The van der Waals surface area contributed by atoms with Gasteiger partial charge in [-0.2, -0.15) is 0 Å². The van der Waals surface area contributed by atoms with Gasteiger partial charge in [-0.05, 0) is 37.3 Å². The largest absolute Gasteiger partial charge is 0.459 e. The third kappa shape index (κ3) is 6.57. The highest BCUT2D eigenvalue weighted by atomic mass is 16.7. The van der Waals surface area contributed by atoms with Gasteiger partial charge in [-0.15, -0.1) is 0 Å². The molecule has 7 nitrogen and oxygen atoms in total. The van der Waals surface area contributed by atoms with Gasteiger partial charge < -0.3 is 24.8 Å². The SMILES string of the molecule is O=C(NCCCN1CCCC1=O)C1=CC(c2ccccc2)CC(OCCCCO)O1. The van der Waals surface area contributed by atoms with Crippen LogP contribution in [-0.4, -0.2) is 61.0 Å². The van der Waals surface area contributed by atoms with Crippen molar-refractivity contribution in [3.8, 4) is 0 Å². The Bertz CT molecular complexity index is 722. The molecule has 0 bridgehead atoms. The van der Waals surface area contributed by atoms with E-state index in [1.165, 1.54) is 0 Å². The normalized spacial score (nSPS) is 21.3. The van der Waals surface area contributed by atoms with Crippen molar-refractivity contribution in [2.24, 2.45) is 0 Å². The highest BCUT2D eigenvalue weighted by molar-refractivity contribution is 5.91. The number of nitrogens with one attached hydrogen (secondary N) is 1. The van der Waals surface area contributed by atoms with Gasteiger partial charge in [0.2, 0.25) is 12.2 Å². The Hall–Kier alpha value is -2.38. The summed E-state index contributed by atoms with van der Waals surface area (Å²) < 4.78 is 11.7. The topological polar surface area (TPSA) is 88.1 Å². The molecule has 3 rings (SSSR count). The average molecular weight is 417 g/mol. The average Bonchev–Trinajstić information content (AvgIpc) is 3.19. The summed E-state index contributed by atoms with van der Waals surface area (Å²) in [4.78, 5) is 26.2. The van der Waals surface area contributed by atoms with E-state index in [0.717, 1.165) is 24.9 Å². The minimum absolute atomic E-state index is 0.0331. The maximum atomic E-state index is 12.7. The van der Waals surface area contributed by atoms with Gasteiger partial charge >= 0.3 is 0 Å². The number of nitrogens with zero attached hydrogens (tertiary/aromatic N) is 1. The van der Waals surface area contributed by atoms with Gasteiger partial charge in [0, 0.05) is 45.0 Å². The number of benzene rings is 1. The smallest absolute Gasteiger partial charge is 0.286 e. The lowest BCUT2D eigenvalue weighted by Gasteiger charge is -2.29. The molecule has 2 unspecified atom stereocenters. The minimum Gasteiger partial charge on any atom is -0.459 e. The second kappa shape index (κ2) is 11.7. The van der Waals surface area contributed by atoms with Crippen molar-refractivity contribution in [2.75, 3.05) is 32.8 Å². The molecule has 0 aliphatic carbocycles. The van der Waals surface area contributed by atoms with Crippen molar-refractivity contribution in [1.29, 1.82) is 0 Å². The van der Waals surface area contributed by atoms with Crippen LogP contribution in [0.1, 0.15) is 50.0 Å². The third-order valence-electron chi connectivity index (χ3n) is 5.43. The summed E-state index contributed by atoms with van der Waals surface area (Å²) in [6.45, 7) is 2.59. The lowest BCUT2D eigenvalue weighted by atomic mass is 9.93. The van der Waals surface area contributed by atoms with E-state index in [0.29, 0.717) is 45.4 Å². The number of aliphatic hydroxyl groups is 1.